The highest BCUT2D eigenvalue weighted by Crippen LogP contribution is 2.21. The molecule has 1 saturated carbocycles. The molecule has 0 spiro atoms. The Morgan fingerprint density at radius 3 is 3.00 bits per heavy atom. The fourth-order valence-electron chi connectivity index (χ4n) is 1.46. The van der Waals surface area contributed by atoms with Gasteiger partial charge in [-0.2, -0.15) is 0 Å². The summed E-state index contributed by atoms with van der Waals surface area (Å²) in [4.78, 5) is 3.87. The Balaban J connectivity index is 1.93. The van der Waals surface area contributed by atoms with Crippen LogP contribution in [0.1, 0.15) is 18.4 Å². The zero-order valence-corrected chi connectivity index (χ0v) is 9.91. The van der Waals surface area contributed by atoms with Gasteiger partial charge in [-0.25, -0.2) is 9.37 Å². The summed E-state index contributed by atoms with van der Waals surface area (Å²) in [5.41, 5.74) is 0.597. The molecular formula is C12H17FN2O2. The summed E-state index contributed by atoms with van der Waals surface area (Å²) in [7, 11) is 1.57. The van der Waals surface area contributed by atoms with Gasteiger partial charge in [-0.05, 0) is 18.9 Å². The standard InChI is InChI=1S/C12H17FN2O2/c1-16-6-7-17-12-11(13)9(4-5-14-12)8-15-10-2-3-10/h4-5,10,15H,2-3,6-8H2,1H3. The second-order valence-corrected chi connectivity index (χ2v) is 4.09. The molecule has 4 nitrogen and oxygen atoms in total. The van der Waals surface area contributed by atoms with Gasteiger partial charge >= 0.3 is 0 Å². The molecule has 1 fully saturated rings. The number of hydrogen-bond donors (Lipinski definition) is 1. The van der Waals surface area contributed by atoms with Crippen molar-refractivity contribution in [2.24, 2.45) is 0 Å². The lowest BCUT2D eigenvalue weighted by Gasteiger charge is -2.09. The van der Waals surface area contributed by atoms with Gasteiger partial charge in [0, 0.05) is 31.5 Å². The van der Waals surface area contributed by atoms with Gasteiger partial charge in [0.25, 0.3) is 5.88 Å². The van der Waals surface area contributed by atoms with E-state index in [1.54, 1.807) is 19.4 Å². The summed E-state index contributed by atoms with van der Waals surface area (Å²) in [6, 6.07) is 2.23. The van der Waals surface area contributed by atoms with Crippen LogP contribution in [0.2, 0.25) is 0 Å². The third-order valence-corrected chi connectivity index (χ3v) is 2.62. The number of nitrogens with one attached hydrogen (secondary N) is 1. The molecule has 94 valence electrons. The number of hydrogen-bond acceptors (Lipinski definition) is 4. The molecule has 1 aliphatic carbocycles. The molecule has 0 radical (unpaired) electrons. The SMILES string of the molecule is COCCOc1nccc(CNC2CC2)c1F. The molecule has 1 aromatic heterocycles. The Labute approximate surface area is 100 Å². The van der Waals surface area contributed by atoms with Gasteiger partial charge in [-0.1, -0.05) is 0 Å². The number of rotatable bonds is 7. The quantitative estimate of drug-likeness (QED) is 0.733. The molecule has 1 aromatic rings. The molecule has 1 heterocycles. The number of aromatic nitrogens is 1. The molecule has 0 saturated heterocycles. The molecule has 0 amide bonds. The highest BCUT2D eigenvalue weighted by atomic mass is 19.1. The Morgan fingerprint density at radius 2 is 2.29 bits per heavy atom. The first-order valence-electron chi connectivity index (χ1n) is 5.79. The largest absolute Gasteiger partial charge is 0.473 e. The van der Waals surface area contributed by atoms with Crippen LogP contribution in [0.4, 0.5) is 4.39 Å². The van der Waals surface area contributed by atoms with Crippen molar-refractivity contribution in [3.05, 3.63) is 23.6 Å². The third kappa shape index (κ3) is 3.64. The highest BCUT2D eigenvalue weighted by Gasteiger charge is 2.21. The van der Waals surface area contributed by atoms with Gasteiger partial charge < -0.3 is 14.8 Å². The smallest absolute Gasteiger partial charge is 0.250 e. The maximum absolute atomic E-state index is 13.9. The third-order valence-electron chi connectivity index (χ3n) is 2.62. The van der Waals surface area contributed by atoms with E-state index in [1.807, 2.05) is 0 Å². The monoisotopic (exact) mass is 240 g/mol. The van der Waals surface area contributed by atoms with E-state index in [0.717, 1.165) is 0 Å². The fraction of sp³-hybridized carbons (Fsp3) is 0.583. The van der Waals surface area contributed by atoms with Gasteiger partial charge in [-0.15, -0.1) is 0 Å². The lowest BCUT2D eigenvalue weighted by atomic mass is 10.2. The van der Waals surface area contributed by atoms with Gasteiger partial charge in [0.15, 0.2) is 5.82 Å². The predicted molar refractivity (Wildman–Crippen MR) is 61.4 cm³/mol. The number of pyridine rings is 1. The van der Waals surface area contributed by atoms with E-state index in [-0.39, 0.29) is 11.7 Å². The molecule has 0 unspecified atom stereocenters. The minimum atomic E-state index is -0.378. The maximum atomic E-state index is 13.9. The molecule has 0 aromatic carbocycles. The maximum Gasteiger partial charge on any atom is 0.250 e. The zero-order valence-electron chi connectivity index (χ0n) is 9.91. The van der Waals surface area contributed by atoms with Crippen LogP contribution in [0.5, 0.6) is 5.88 Å². The highest BCUT2D eigenvalue weighted by molar-refractivity contribution is 5.23. The Hall–Kier alpha value is -1.20. The van der Waals surface area contributed by atoms with Crippen molar-refractivity contribution < 1.29 is 13.9 Å². The first-order chi connectivity index (χ1) is 8.31. The van der Waals surface area contributed by atoms with Crippen molar-refractivity contribution in [2.45, 2.75) is 25.4 Å². The van der Waals surface area contributed by atoms with Crippen molar-refractivity contribution in [1.29, 1.82) is 0 Å². The molecular weight excluding hydrogens is 223 g/mol. The van der Waals surface area contributed by atoms with Crippen molar-refractivity contribution in [3.8, 4) is 5.88 Å². The first kappa shape index (κ1) is 12.3. The molecule has 17 heavy (non-hydrogen) atoms. The Kier molecular flexibility index (Phi) is 4.28. The summed E-state index contributed by atoms with van der Waals surface area (Å²) in [5.74, 6) is -0.325. The minimum absolute atomic E-state index is 0.0529. The lowest BCUT2D eigenvalue weighted by molar-refractivity contribution is 0.140. The summed E-state index contributed by atoms with van der Waals surface area (Å²) >= 11 is 0. The second-order valence-electron chi connectivity index (χ2n) is 4.09. The molecule has 1 aliphatic rings. The van der Waals surface area contributed by atoms with Crippen molar-refractivity contribution >= 4 is 0 Å². The lowest BCUT2D eigenvalue weighted by Crippen LogP contribution is -2.17. The van der Waals surface area contributed by atoms with E-state index in [1.165, 1.54) is 12.8 Å². The summed E-state index contributed by atoms with van der Waals surface area (Å²) < 4.78 is 23.9. The fourth-order valence-corrected chi connectivity index (χ4v) is 1.46. The van der Waals surface area contributed by atoms with Crippen LogP contribution in [0, 0.1) is 5.82 Å². The van der Waals surface area contributed by atoms with Gasteiger partial charge in [-0.3, -0.25) is 0 Å². The predicted octanol–water partition coefficient (Wildman–Crippen LogP) is 1.50. The van der Waals surface area contributed by atoms with E-state index in [0.29, 0.717) is 31.4 Å². The van der Waals surface area contributed by atoms with Crippen LogP contribution in [0.25, 0.3) is 0 Å². The van der Waals surface area contributed by atoms with Crippen LogP contribution in [0.15, 0.2) is 12.3 Å². The van der Waals surface area contributed by atoms with Crippen molar-refractivity contribution in [3.63, 3.8) is 0 Å². The number of methoxy groups -OCH3 is 1. The first-order valence-corrected chi connectivity index (χ1v) is 5.79. The number of ether oxygens (including phenoxy) is 2. The Morgan fingerprint density at radius 1 is 1.47 bits per heavy atom. The molecule has 0 bridgehead atoms. The normalized spacial score (nSPS) is 14.9. The van der Waals surface area contributed by atoms with Crippen LogP contribution < -0.4 is 10.1 Å². The van der Waals surface area contributed by atoms with Gasteiger partial charge in [0.05, 0.1) is 6.61 Å². The van der Waals surface area contributed by atoms with Crippen LogP contribution in [-0.2, 0) is 11.3 Å². The molecule has 1 N–H and O–H groups in total. The van der Waals surface area contributed by atoms with Crippen LogP contribution in [-0.4, -0.2) is 31.3 Å². The van der Waals surface area contributed by atoms with E-state index in [2.05, 4.69) is 10.3 Å². The summed E-state index contributed by atoms with van der Waals surface area (Å²) in [5, 5.41) is 3.26. The second kappa shape index (κ2) is 5.93. The van der Waals surface area contributed by atoms with E-state index < -0.39 is 0 Å². The average molecular weight is 240 g/mol. The van der Waals surface area contributed by atoms with Gasteiger partial charge in [0.1, 0.15) is 6.61 Å². The van der Waals surface area contributed by atoms with Crippen LogP contribution >= 0.6 is 0 Å². The zero-order chi connectivity index (χ0) is 12.1. The van der Waals surface area contributed by atoms with E-state index in [4.69, 9.17) is 9.47 Å². The summed E-state index contributed by atoms with van der Waals surface area (Å²) in [6.45, 7) is 1.26. The van der Waals surface area contributed by atoms with Crippen LogP contribution in [0.3, 0.4) is 0 Å². The van der Waals surface area contributed by atoms with Crippen molar-refractivity contribution in [2.75, 3.05) is 20.3 Å². The molecule has 5 heteroatoms. The number of halogens is 1. The Bertz CT molecular complexity index is 370. The average Bonchev–Trinajstić information content (AvgIpc) is 3.14. The topological polar surface area (TPSA) is 43.4 Å². The number of nitrogens with zero attached hydrogens (tertiary/aromatic N) is 1. The van der Waals surface area contributed by atoms with Gasteiger partial charge in [0.2, 0.25) is 0 Å². The molecule has 0 aliphatic heterocycles. The van der Waals surface area contributed by atoms with E-state index in [9.17, 15) is 4.39 Å². The van der Waals surface area contributed by atoms with E-state index >= 15 is 0 Å². The van der Waals surface area contributed by atoms with Crippen molar-refractivity contribution in [1.82, 2.24) is 10.3 Å². The summed E-state index contributed by atoms with van der Waals surface area (Å²) in [6.07, 6.45) is 3.93. The molecule has 2 rings (SSSR count). The molecule has 0 atom stereocenters. The minimum Gasteiger partial charge on any atom is -0.473 e.